The first kappa shape index (κ1) is 9.01. The normalized spacial score (nSPS) is 21.0. The van der Waals surface area contributed by atoms with Crippen molar-refractivity contribution in [2.75, 3.05) is 33.7 Å². The molecule has 0 radical (unpaired) electrons. The van der Waals surface area contributed by atoms with Gasteiger partial charge in [0.15, 0.2) is 0 Å². The highest BCUT2D eigenvalue weighted by Gasteiger charge is 2.13. The summed E-state index contributed by atoms with van der Waals surface area (Å²) in [5.41, 5.74) is 0. The van der Waals surface area contributed by atoms with E-state index in [2.05, 4.69) is 19.4 Å². The van der Waals surface area contributed by atoms with E-state index in [9.17, 15) is 0 Å². The Balaban J connectivity index is 2.05. The maximum atomic E-state index is 3.40. The van der Waals surface area contributed by atoms with Crippen molar-refractivity contribution in [3.8, 4) is 0 Å². The fourth-order valence-corrected chi connectivity index (χ4v) is 1.66. The topological polar surface area (TPSA) is 16.5 Å². The highest BCUT2D eigenvalue weighted by atomic mass is 15.0. The third kappa shape index (κ3) is 3.73. The number of hydrogen-bond donors (Lipinski definition) is 2. The molecule has 0 atom stereocenters. The monoisotopic (exact) mass is 157 g/mol. The quantitative estimate of drug-likeness (QED) is 0.566. The van der Waals surface area contributed by atoms with Gasteiger partial charge in [-0.2, -0.15) is 0 Å². The number of hydrogen-bond acceptors (Lipinski definition) is 1. The minimum absolute atomic E-state index is 1.01. The van der Waals surface area contributed by atoms with Crippen molar-refractivity contribution < 1.29 is 4.90 Å². The molecule has 0 aromatic carbocycles. The van der Waals surface area contributed by atoms with Crippen molar-refractivity contribution in [3.63, 3.8) is 0 Å². The largest absolute Gasteiger partial charge is 0.340 e. The van der Waals surface area contributed by atoms with Crippen LogP contribution >= 0.6 is 0 Å². The van der Waals surface area contributed by atoms with Crippen LogP contribution in [0.15, 0.2) is 0 Å². The highest BCUT2D eigenvalue weighted by molar-refractivity contribution is 4.67. The summed E-state index contributed by atoms with van der Waals surface area (Å²) in [6, 6.07) is 0. The molecule has 0 unspecified atom stereocenters. The second-order valence-corrected chi connectivity index (χ2v) is 3.94. The molecule has 1 fully saturated rings. The summed E-state index contributed by atoms with van der Waals surface area (Å²) >= 11 is 0. The Morgan fingerprint density at radius 3 is 2.45 bits per heavy atom. The third-order valence-corrected chi connectivity index (χ3v) is 2.51. The molecule has 0 aromatic heterocycles. The van der Waals surface area contributed by atoms with Crippen molar-refractivity contribution in [1.82, 2.24) is 5.32 Å². The van der Waals surface area contributed by atoms with Crippen molar-refractivity contribution >= 4 is 0 Å². The van der Waals surface area contributed by atoms with Gasteiger partial charge in [0.25, 0.3) is 0 Å². The molecular formula is C9H21N2+. The predicted octanol–water partition coefficient (Wildman–Crippen LogP) is -0.479. The molecule has 0 amide bonds. The fourth-order valence-electron chi connectivity index (χ4n) is 1.66. The molecule has 1 rings (SSSR count). The molecule has 1 heterocycles. The van der Waals surface area contributed by atoms with E-state index in [-0.39, 0.29) is 0 Å². The van der Waals surface area contributed by atoms with Gasteiger partial charge in [-0.15, -0.1) is 0 Å². The number of quaternary nitrogens is 1. The van der Waals surface area contributed by atoms with Gasteiger partial charge in [0.05, 0.1) is 20.6 Å². The molecule has 2 N–H and O–H groups in total. The van der Waals surface area contributed by atoms with Gasteiger partial charge < -0.3 is 10.2 Å². The van der Waals surface area contributed by atoms with Crippen molar-refractivity contribution in [1.29, 1.82) is 0 Å². The Hall–Kier alpha value is -0.0800. The van der Waals surface area contributed by atoms with Gasteiger partial charge in [-0.1, -0.05) is 0 Å². The van der Waals surface area contributed by atoms with Crippen LogP contribution in [0.4, 0.5) is 0 Å². The Morgan fingerprint density at radius 1 is 1.27 bits per heavy atom. The van der Waals surface area contributed by atoms with Gasteiger partial charge in [0.2, 0.25) is 0 Å². The van der Waals surface area contributed by atoms with Gasteiger partial charge in [-0.05, 0) is 38.3 Å². The summed E-state index contributed by atoms with van der Waals surface area (Å²) in [5, 5.41) is 3.40. The van der Waals surface area contributed by atoms with E-state index in [1.807, 2.05) is 0 Å². The highest BCUT2D eigenvalue weighted by Crippen LogP contribution is 2.13. The summed E-state index contributed by atoms with van der Waals surface area (Å²) < 4.78 is 0. The molecule has 2 heteroatoms. The molecule has 11 heavy (non-hydrogen) atoms. The van der Waals surface area contributed by atoms with Gasteiger partial charge in [0, 0.05) is 0 Å². The SMILES string of the molecule is C[NH+](C)CCC1CCNCC1. The first-order valence-corrected chi connectivity index (χ1v) is 4.79. The van der Waals surface area contributed by atoms with Crippen LogP contribution in [0.3, 0.4) is 0 Å². The summed E-state index contributed by atoms with van der Waals surface area (Å²) in [5.74, 6) is 1.01. The molecule has 0 spiro atoms. The van der Waals surface area contributed by atoms with Gasteiger partial charge in [-0.3, -0.25) is 0 Å². The van der Waals surface area contributed by atoms with Crippen molar-refractivity contribution in [3.05, 3.63) is 0 Å². The number of rotatable bonds is 3. The molecule has 1 aliphatic rings. The second kappa shape index (κ2) is 4.73. The summed E-state index contributed by atoms with van der Waals surface area (Å²) in [6.07, 6.45) is 4.21. The Bertz CT molecular complexity index is 95.7. The minimum atomic E-state index is 1.01. The first-order chi connectivity index (χ1) is 5.29. The summed E-state index contributed by atoms with van der Waals surface area (Å²) in [4.78, 5) is 1.59. The van der Waals surface area contributed by atoms with Gasteiger partial charge in [-0.25, -0.2) is 0 Å². The smallest absolute Gasteiger partial charge is 0.0769 e. The second-order valence-electron chi connectivity index (χ2n) is 3.94. The summed E-state index contributed by atoms with van der Waals surface area (Å²) in [7, 11) is 4.47. The maximum absolute atomic E-state index is 3.40. The minimum Gasteiger partial charge on any atom is -0.340 e. The Labute approximate surface area is 70.0 Å². The predicted molar refractivity (Wildman–Crippen MR) is 47.9 cm³/mol. The van der Waals surface area contributed by atoms with Crippen molar-refractivity contribution in [2.24, 2.45) is 5.92 Å². The molecule has 0 aliphatic carbocycles. The maximum Gasteiger partial charge on any atom is 0.0769 e. The number of piperidine rings is 1. The molecule has 0 aromatic rings. The lowest BCUT2D eigenvalue weighted by atomic mass is 9.95. The summed E-state index contributed by atoms with van der Waals surface area (Å²) in [6.45, 7) is 3.82. The van der Waals surface area contributed by atoms with Gasteiger partial charge >= 0.3 is 0 Å². The molecular weight excluding hydrogens is 136 g/mol. The van der Waals surface area contributed by atoms with Crippen LogP contribution < -0.4 is 10.2 Å². The van der Waals surface area contributed by atoms with Crippen LogP contribution in [-0.4, -0.2) is 33.7 Å². The van der Waals surface area contributed by atoms with Crippen LogP contribution in [0, 0.1) is 5.92 Å². The van der Waals surface area contributed by atoms with Crippen LogP contribution in [0.2, 0.25) is 0 Å². The van der Waals surface area contributed by atoms with E-state index in [0.717, 1.165) is 5.92 Å². The van der Waals surface area contributed by atoms with E-state index < -0.39 is 0 Å². The zero-order valence-corrected chi connectivity index (χ0v) is 7.82. The zero-order chi connectivity index (χ0) is 8.10. The van der Waals surface area contributed by atoms with Gasteiger partial charge in [0.1, 0.15) is 0 Å². The van der Waals surface area contributed by atoms with E-state index in [1.165, 1.54) is 38.9 Å². The van der Waals surface area contributed by atoms with Crippen molar-refractivity contribution in [2.45, 2.75) is 19.3 Å². The van der Waals surface area contributed by atoms with Crippen LogP contribution in [0.1, 0.15) is 19.3 Å². The van der Waals surface area contributed by atoms with E-state index in [4.69, 9.17) is 0 Å². The molecule has 66 valence electrons. The third-order valence-electron chi connectivity index (χ3n) is 2.51. The van der Waals surface area contributed by atoms with Crippen LogP contribution in [0.25, 0.3) is 0 Å². The van der Waals surface area contributed by atoms with Crippen LogP contribution in [-0.2, 0) is 0 Å². The average molecular weight is 157 g/mol. The zero-order valence-electron chi connectivity index (χ0n) is 7.82. The number of nitrogens with one attached hydrogen (secondary N) is 2. The van der Waals surface area contributed by atoms with E-state index >= 15 is 0 Å². The lowest BCUT2D eigenvalue weighted by Gasteiger charge is -2.22. The lowest BCUT2D eigenvalue weighted by Crippen LogP contribution is -3.05. The van der Waals surface area contributed by atoms with Crippen LogP contribution in [0.5, 0.6) is 0 Å². The fraction of sp³-hybridized carbons (Fsp3) is 1.00. The first-order valence-electron chi connectivity index (χ1n) is 4.79. The van der Waals surface area contributed by atoms with E-state index in [1.54, 1.807) is 4.90 Å². The molecule has 0 saturated carbocycles. The van der Waals surface area contributed by atoms with E-state index in [0.29, 0.717) is 0 Å². The Morgan fingerprint density at radius 2 is 1.91 bits per heavy atom. The molecule has 1 aliphatic heterocycles. The molecule has 1 saturated heterocycles. The Kier molecular flexibility index (Phi) is 3.87. The molecule has 0 bridgehead atoms. The average Bonchev–Trinajstić information content (AvgIpc) is 2.03. The lowest BCUT2D eigenvalue weighted by molar-refractivity contribution is -0.858. The molecule has 2 nitrogen and oxygen atoms in total. The standard InChI is InChI=1S/C9H20N2/c1-11(2)8-5-9-3-6-10-7-4-9/h9-10H,3-8H2,1-2H3/p+1.